The summed E-state index contributed by atoms with van der Waals surface area (Å²) in [5.41, 5.74) is 9.97. The first-order chi connectivity index (χ1) is 10.8. The molecule has 4 heteroatoms. The fourth-order valence-electron chi connectivity index (χ4n) is 3.38. The molecule has 2 aromatic carbocycles. The average molecular weight is 293 g/mol. The highest BCUT2D eigenvalue weighted by atomic mass is 16.2. The maximum atomic E-state index is 12.8. The van der Waals surface area contributed by atoms with Gasteiger partial charge in [-0.05, 0) is 30.0 Å². The van der Waals surface area contributed by atoms with E-state index in [1.165, 1.54) is 11.1 Å². The molecule has 2 aliphatic heterocycles. The Morgan fingerprint density at radius 1 is 1.00 bits per heavy atom. The fourth-order valence-corrected chi connectivity index (χ4v) is 3.38. The first-order valence-corrected chi connectivity index (χ1v) is 7.78. The van der Waals surface area contributed by atoms with E-state index in [-0.39, 0.29) is 18.0 Å². The van der Waals surface area contributed by atoms with Gasteiger partial charge in [0.2, 0.25) is 5.91 Å². The van der Waals surface area contributed by atoms with Crippen LogP contribution < -0.4 is 15.8 Å². The van der Waals surface area contributed by atoms with Crippen molar-refractivity contribution >= 4 is 11.6 Å². The summed E-state index contributed by atoms with van der Waals surface area (Å²) in [6.45, 7) is 0.784. The van der Waals surface area contributed by atoms with E-state index in [0.717, 1.165) is 25.1 Å². The number of benzene rings is 2. The minimum atomic E-state index is -0.170. The maximum Gasteiger partial charge on any atom is 0.245 e. The molecule has 0 saturated carbocycles. The van der Waals surface area contributed by atoms with Crippen molar-refractivity contribution in [3.05, 3.63) is 65.7 Å². The molecule has 2 aliphatic rings. The number of carbonyl (C=O) groups is 1. The molecule has 4 rings (SSSR count). The first-order valence-electron chi connectivity index (χ1n) is 7.78. The predicted octanol–water partition coefficient (Wildman–Crippen LogP) is 2.18. The first kappa shape index (κ1) is 13.5. The monoisotopic (exact) mass is 293 g/mol. The molecule has 2 aromatic rings. The third-order valence-corrected chi connectivity index (χ3v) is 4.56. The quantitative estimate of drug-likeness (QED) is 0.892. The molecule has 2 N–H and O–H groups in total. The van der Waals surface area contributed by atoms with Crippen LogP contribution in [0.1, 0.15) is 23.6 Å². The minimum Gasteiger partial charge on any atom is -0.310 e. The van der Waals surface area contributed by atoms with E-state index < -0.39 is 0 Å². The molecule has 4 nitrogen and oxygen atoms in total. The number of nitrogens with one attached hydrogen (secondary N) is 2. The van der Waals surface area contributed by atoms with E-state index in [9.17, 15) is 4.79 Å². The Morgan fingerprint density at radius 3 is 2.64 bits per heavy atom. The van der Waals surface area contributed by atoms with E-state index in [1.807, 2.05) is 41.3 Å². The maximum absolute atomic E-state index is 12.8. The Kier molecular flexibility index (Phi) is 3.41. The predicted molar refractivity (Wildman–Crippen MR) is 86.4 cm³/mol. The van der Waals surface area contributed by atoms with Crippen molar-refractivity contribution in [2.24, 2.45) is 0 Å². The van der Waals surface area contributed by atoms with Gasteiger partial charge in [-0.1, -0.05) is 48.5 Å². The van der Waals surface area contributed by atoms with Crippen LogP contribution in [0.3, 0.4) is 0 Å². The number of para-hydroxylation sites is 1. The lowest BCUT2D eigenvalue weighted by molar-refractivity contribution is -0.120. The van der Waals surface area contributed by atoms with Crippen LogP contribution in [0.5, 0.6) is 0 Å². The Bertz CT molecular complexity index is 686. The Labute approximate surface area is 130 Å². The van der Waals surface area contributed by atoms with E-state index in [0.29, 0.717) is 0 Å². The third kappa shape index (κ3) is 2.30. The lowest BCUT2D eigenvalue weighted by Gasteiger charge is -2.21. The van der Waals surface area contributed by atoms with Crippen molar-refractivity contribution in [1.29, 1.82) is 0 Å². The van der Waals surface area contributed by atoms with Crippen LogP contribution in [0.2, 0.25) is 0 Å². The van der Waals surface area contributed by atoms with Gasteiger partial charge in [0.25, 0.3) is 0 Å². The van der Waals surface area contributed by atoms with Crippen molar-refractivity contribution in [3.63, 3.8) is 0 Å². The van der Waals surface area contributed by atoms with Crippen molar-refractivity contribution in [1.82, 2.24) is 10.9 Å². The van der Waals surface area contributed by atoms with Crippen LogP contribution in [0.25, 0.3) is 0 Å². The highest BCUT2D eigenvalue weighted by molar-refractivity contribution is 5.99. The molecular weight excluding hydrogens is 274 g/mol. The summed E-state index contributed by atoms with van der Waals surface area (Å²) in [5.74, 6) is 0.163. The average Bonchev–Trinajstić information content (AvgIpc) is 3.22. The lowest BCUT2D eigenvalue weighted by atomic mass is 10.0. The van der Waals surface area contributed by atoms with Crippen molar-refractivity contribution in [2.75, 3.05) is 11.4 Å². The smallest absolute Gasteiger partial charge is 0.245 e. The third-order valence-electron chi connectivity index (χ3n) is 4.56. The van der Waals surface area contributed by atoms with Crippen LogP contribution >= 0.6 is 0 Å². The molecule has 22 heavy (non-hydrogen) atoms. The zero-order valence-electron chi connectivity index (χ0n) is 12.3. The Balaban J connectivity index is 1.49. The SMILES string of the molecule is O=C(C1CC(c2ccccc2)NN1)N1CCc2ccccc21. The Hall–Kier alpha value is -2.17. The van der Waals surface area contributed by atoms with Gasteiger partial charge in [-0.25, -0.2) is 10.9 Å². The van der Waals surface area contributed by atoms with Crippen LogP contribution in [-0.2, 0) is 11.2 Å². The van der Waals surface area contributed by atoms with Gasteiger partial charge >= 0.3 is 0 Å². The number of amides is 1. The molecule has 2 atom stereocenters. The van der Waals surface area contributed by atoms with Gasteiger partial charge in [-0.2, -0.15) is 0 Å². The number of carbonyl (C=O) groups excluding carboxylic acids is 1. The summed E-state index contributed by atoms with van der Waals surface area (Å²) < 4.78 is 0. The zero-order chi connectivity index (χ0) is 14.9. The standard InChI is InChI=1S/C18H19N3O/c22-18(21-11-10-14-8-4-5-9-17(14)21)16-12-15(19-20-16)13-6-2-1-3-7-13/h1-9,15-16,19-20H,10-12H2. The topological polar surface area (TPSA) is 44.4 Å². The summed E-state index contributed by atoms with van der Waals surface area (Å²) in [7, 11) is 0. The molecule has 2 unspecified atom stereocenters. The van der Waals surface area contributed by atoms with Gasteiger partial charge in [0, 0.05) is 18.3 Å². The van der Waals surface area contributed by atoms with Gasteiger partial charge in [-0.3, -0.25) is 4.79 Å². The molecule has 112 valence electrons. The lowest BCUT2D eigenvalue weighted by Crippen LogP contribution is -2.45. The van der Waals surface area contributed by atoms with Crippen molar-refractivity contribution in [2.45, 2.75) is 24.9 Å². The molecule has 2 heterocycles. The van der Waals surface area contributed by atoms with E-state index in [4.69, 9.17) is 0 Å². The zero-order valence-corrected chi connectivity index (χ0v) is 12.3. The summed E-state index contributed by atoms with van der Waals surface area (Å²) in [6, 6.07) is 18.5. The summed E-state index contributed by atoms with van der Waals surface area (Å²) in [4.78, 5) is 14.7. The number of rotatable bonds is 2. The number of anilines is 1. The van der Waals surface area contributed by atoms with Gasteiger partial charge < -0.3 is 4.90 Å². The van der Waals surface area contributed by atoms with E-state index in [1.54, 1.807) is 0 Å². The van der Waals surface area contributed by atoms with Gasteiger partial charge in [0.05, 0.1) is 0 Å². The van der Waals surface area contributed by atoms with E-state index >= 15 is 0 Å². The second-order valence-electron chi connectivity index (χ2n) is 5.91. The van der Waals surface area contributed by atoms with Gasteiger partial charge in [0.1, 0.15) is 6.04 Å². The van der Waals surface area contributed by atoms with Gasteiger partial charge in [0.15, 0.2) is 0 Å². The summed E-state index contributed by atoms with van der Waals surface area (Å²) in [5, 5.41) is 0. The van der Waals surface area contributed by atoms with Crippen LogP contribution in [0.4, 0.5) is 5.69 Å². The minimum absolute atomic E-state index is 0.163. The Morgan fingerprint density at radius 2 is 1.77 bits per heavy atom. The molecule has 0 radical (unpaired) electrons. The molecule has 0 bridgehead atoms. The summed E-state index contributed by atoms with van der Waals surface area (Å²) in [6.07, 6.45) is 1.73. The summed E-state index contributed by atoms with van der Waals surface area (Å²) >= 11 is 0. The molecule has 0 aliphatic carbocycles. The molecule has 1 fully saturated rings. The number of hydrogen-bond acceptors (Lipinski definition) is 3. The number of hydrazine groups is 1. The van der Waals surface area contributed by atoms with Crippen LogP contribution in [-0.4, -0.2) is 18.5 Å². The normalized spacial score (nSPS) is 23.5. The second-order valence-corrected chi connectivity index (χ2v) is 5.91. The fraction of sp³-hybridized carbons (Fsp3) is 0.278. The van der Waals surface area contributed by atoms with Crippen LogP contribution in [0.15, 0.2) is 54.6 Å². The van der Waals surface area contributed by atoms with Crippen molar-refractivity contribution in [3.8, 4) is 0 Å². The van der Waals surface area contributed by atoms with Crippen LogP contribution in [0, 0.1) is 0 Å². The largest absolute Gasteiger partial charge is 0.310 e. The molecule has 0 spiro atoms. The van der Waals surface area contributed by atoms with Gasteiger partial charge in [-0.15, -0.1) is 0 Å². The van der Waals surface area contributed by atoms with E-state index in [2.05, 4.69) is 29.1 Å². The molecule has 1 amide bonds. The number of fused-ring (bicyclic) bond motifs is 1. The number of nitrogens with zero attached hydrogens (tertiary/aromatic N) is 1. The number of hydrogen-bond donors (Lipinski definition) is 2. The molecule has 0 aromatic heterocycles. The second kappa shape index (κ2) is 5.55. The molecular formula is C18H19N3O. The highest BCUT2D eigenvalue weighted by Crippen LogP contribution is 2.30. The molecule has 1 saturated heterocycles. The van der Waals surface area contributed by atoms with Crippen molar-refractivity contribution < 1.29 is 4.79 Å². The highest BCUT2D eigenvalue weighted by Gasteiger charge is 2.35.